The molecule has 0 aliphatic heterocycles. The van der Waals surface area contributed by atoms with Gasteiger partial charge in [-0.05, 0) is 42.8 Å². The summed E-state index contributed by atoms with van der Waals surface area (Å²) in [6.07, 6.45) is -4.87. The number of amides is 2. The van der Waals surface area contributed by atoms with Gasteiger partial charge in [0.1, 0.15) is 12.6 Å². The number of nitrogens with zero attached hydrogens (tertiary/aromatic N) is 2. The lowest BCUT2D eigenvalue weighted by molar-refractivity contribution is -0.139. The van der Waals surface area contributed by atoms with Crippen LogP contribution in [0.1, 0.15) is 18.1 Å². The van der Waals surface area contributed by atoms with E-state index in [1.165, 1.54) is 43.1 Å². The molecule has 0 radical (unpaired) electrons. The maximum absolute atomic E-state index is 13.6. The largest absolute Gasteiger partial charge is 0.417 e. The monoisotopic (exact) mass is 567 g/mol. The maximum Gasteiger partial charge on any atom is 0.417 e. The molecule has 0 aliphatic rings. The number of halogens is 4. The highest BCUT2D eigenvalue weighted by Crippen LogP contribution is 2.38. The molecule has 12 heteroatoms. The predicted molar refractivity (Wildman–Crippen MR) is 138 cm³/mol. The topological polar surface area (TPSA) is 86.8 Å². The summed E-state index contributed by atoms with van der Waals surface area (Å²) in [7, 11) is -3.12. The van der Waals surface area contributed by atoms with E-state index in [-0.39, 0.29) is 11.4 Å². The Labute approximate surface area is 223 Å². The molecule has 2 amide bonds. The first-order chi connectivity index (χ1) is 17.9. The van der Waals surface area contributed by atoms with Gasteiger partial charge < -0.3 is 10.2 Å². The van der Waals surface area contributed by atoms with Crippen LogP contribution >= 0.6 is 11.6 Å². The lowest BCUT2D eigenvalue weighted by Crippen LogP contribution is -2.50. The van der Waals surface area contributed by atoms with E-state index in [0.717, 1.165) is 12.1 Å². The highest BCUT2D eigenvalue weighted by Gasteiger charge is 2.36. The summed E-state index contributed by atoms with van der Waals surface area (Å²) in [4.78, 5) is 27.0. The standard InChI is InChI=1S/C26H25ClF3N3O4S/c1-18(25(35)31-2)32(16-19-9-5-3-6-10-19)24(34)17-33(38(36,37)21-11-7-4-8-12-21)20-13-14-23(27)22(15-20)26(28,29)30/h3-15,18H,16-17H2,1-2H3,(H,31,35). The van der Waals surface area contributed by atoms with Crippen LogP contribution in [0.25, 0.3) is 0 Å². The van der Waals surface area contributed by atoms with Crippen LogP contribution in [0.3, 0.4) is 0 Å². The van der Waals surface area contributed by atoms with Crippen molar-refractivity contribution in [1.82, 2.24) is 10.2 Å². The summed E-state index contributed by atoms with van der Waals surface area (Å²) < 4.78 is 68.6. The van der Waals surface area contributed by atoms with Gasteiger partial charge in [-0.1, -0.05) is 60.1 Å². The Morgan fingerprint density at radius 1 is 0.974 bits per heavy atom. The molecule has 0 fully saturated rings. The molecule has 0 spiro atoms. The van der Waals surface area contributed by atoms with Crippen LogP contribution in [0, 0.1) is 0 Å². The number of carbonyl (C=O) groups excluding carboxylic acids is 2. The van der Waals surface area contributed by atoms with Crippen LogP contribution in [0.5, 0.6) is 0 Å². The Morgan fingerprint density at radius 2 is 1.55 bits per heavy atom. The van der Waals surface area contributed by atoms with Crippen LogP contribution < -0.4 is 9.62 Å². The molecular weight excluding hydrogens is 543 g/mol. The van der Waals surface area contributed by atoms with E-state index in [0.29, 0.717) is 15.9 Å². The average molecular weight is 568 g/mol. The Hall–Kier alpha value is -3.57. The van der Waals surface area contributed by atoms with E-state index in [4.69, 9.17) is 11.6 Å². The van der Waals surface area contributed by atoms with Crippen molar-refractivity contribution in [3.05, 3.63) is 95.0 Å². The summed E-state index contributed by atoms with van der Waals surface area (Å²) in [6.45, 7) is 0.561. The van der Waals surface area contributed by atoms with Gasteiger partial charge in [-0.25, -0.2) is 8.42 Å². The average Bonchev–Trinajstić information content (AvgIpc) is 2.90. The van der Waals surface area contributed by atoms with E-state index < -0.39 is 56.9 Å². The predicted octanol–water partition coefficient (Wildman–Crippen LogP) is 4.72. The molecule has 3 aromatic rings. The van der Waals surface area contributed by atoms with E-state index in [1.54, 1.807) is 36.4 Å². The molecule has 202 valence electrons. The van der Waals surface area contributed by atoms with E-state index in [1.807, 2.05) is 0 Å². The highest BCUT2D eigenvalue weighted by atomic mass is 35.5. The molecule has 0 heterocycles. The number of carbonyl (C=O) groups is 2. The van der Waals surface area contributed by atoms with Crippen LogP contribution in [0.15, 0.2) is 83.8 Å². The highest BCUT2D eigenvalue weighted by molar-refractivity contribution is 7.92. The fraction of sp³-hybridized carbons (Fsp3) is 0.231. The quantitative estimate of drug-likeness (QED) is 0.405. The molecule has 3 aromatic carbocycles. The molecule has 0 aromatic heterocycles. The first-order valence-electron chi connectivity index (χ1n) is 11.4. The SMILES string of the molecule is CNC(=O)C(C)N(Cc1ccccc1)C(=O)CN(c1ccc(Cl)c(C(F)(F)F)c1)S(=O)(=O)c1ccccc1. The molecule has 38 heavy (non-hydrogen) atoms. The molecule has 0 aliphatic carbocycles. The number of hydrogen-bond donors (Lipinski definition) is 1. The van der Waals surface area contributed by atoms with Crippen molar-refractivity contribution >= 4 is 39.1 Å². The van der Waals surface area contributed by atoms with Crippen molar-refractivity contribution < 1.29 is 31.2 Å². The number of rotatable bonds is 9. The van der Waals surface area contributed by atoms with Crippen LogP contribution in [-0.2, 0) is 32.3 Å². The fourth-order valence-electron chi connectivity index (χ4n) is 3.71. The normalized spacial score (nSPS) is 12.5. The lowest BCUT2D eigenvalue weighted by atomic mass is 10.1. The van der Waals surface area contributed by atoms with E-state index >= 15 is 0 Å². The number of benzene rings is 3. The van der Waals surface area contributed by atoms with Gasteiger partial charge in [0.15, 0.2) is 0 Å². The molecule has 1 N–H and O–H groups in total. The van der Waals surface area contributed by atoms with Gasteiger partial charge >= 0.3 is 6.18 Å². The second kappa shape index (κ2) is 11.9. The third kappa shape index (κ3) is 6.65. The Kier molecular flexibility index (Phi) is 9.05. The molecule has 0 saturated heterocycles. The summed E-state index contributed by atoms with van der Waals surface area (Å²) in [6, 6.07) is 17.3. The van der Waals surface area contributed by atoms with Crippen LogP contribution in [-0.4, -0.2) is 44.8 Å². The molecule has 7 nitrogen and oxygen atoms in total. The first-order valence-corrected chi connectivity index (χ1v) is 13.2. The molecule has 0 saturated carbocycles. The summed E-state index contributed by atoms with van der Waals surface area (Å²) in [5.41, 5.74) is -0.997. The number of alkyl halides is 3. The van der Waals surface area contributed by atoms with Gasteiger partial charge in [0.25, 0.3) is 10.0 Å². The molecule has 0 bridgehead atoms. The Morgan fingerprint density at radius 3 is 2.11 bits per heavy atom. The summed E-state index contributed by atoms with van der Waals surface area (Å²) >= 11 is 5.75. The number of likely N-dealkylation sites (N-methyl/N-ethyl adjacent to an activating group) is 1. The number of hydrogen-bond acceptors (Lipinski definition) is 4. The minimum atomic E-state index is -4.87. The Bertz CT molecular complexity index is 1390. The molecule has 1 unspecified atom stereocenters. The zero-order valence-electron chi connectivity index (χ0n) is 20.4. The van der Waals surface area contributed by atoms with Crippen LogP contribution in [0.4, 0.5) is 18.9 Å². The smallest absolute Gasteiger partial charge is 0.357 e. The maximum atomic E-state index is 13.6. The number of sulfonamides is 1. The van der Waals surface area contributed by atoms with Crippen molar-refractivity contribution in [3.8, 4) is 0 Å². The molecule has 3 rings (SSSR count). The van der Waals surface area contributed by atoms with Crippen molar-refractivity contribution in [2.24, 2.45) is 0 Å². The minimum Gasteiger partial charge on any atom is -0.357 e. The lowest BCUT2D eigenvalue weighted by Gasteiger charge is -2.32. The van der Waals surface area contributed by atoms with E-state index in [2.05, 4.69) is 5.32 Å². The van der Waals surface area contributed by atoms with Crippen molar-refractivity contribution in [2.45, 2.75) is 30.6 Å². The van der Waals surface area contributed by atoms with Crippen molar-refractivity contribution in [2.75, 3.05) is 17.9 Å². The first kappa shape index (κ1) is 29.0. The van der Waals surface area contributed by atoms with Gasteiger partial charge in [-0.15, -0.1) is 0 Å². The minimum absolute atomic E-state index is 0.0398. The second-order valence-corrected chi connectivity index (χ2v) is 10.6. The third-order valence-electron chi connectivity index (χ3n) is 5.76. The Balaban J connectivity index is 2.11. The molecule has 1 atom stereocenters. The van der Waals surface area contributed by atoms with Crippen LogP contribution in [0.2, 0.25) is 5.02 Å². The number of nitrogens with one attached hydrogen (secondary N) is 1. The molecular formula is C26H25ClF3N3O4S. The van der Waals surface area contributed by atoms with Gasteiger partial charge in [0.05, 0.1) is 21.2 Å². The zero-order chi connectivity index (χ0) is 28.1. The number of anilines is 1. The second-order valence-electron chi connectivity index (χ2n) is 8.28. The van der Waals surface area contributed by atoms with Gasteiger partial charge in [-0.2, -0.15) is 13.2 Å². The van der Waals surface area contributed by atoms with Crippen molar-refractivity contribution in [3.63, 3.8) is 0 Å². The van der Waals surface area contributed by atoms with Crippen molar-refractivity contribution in [1.29, 1.82) is 0 Å². The third-order valence-corrected chi connectivity index (χ3v) is 7.88. The zero-order valence-corrected chi connectivity index (χ0v) is 22.0. The van der Waals surface area contributed by atoms with Gasteiger partial charge in [0.2, 0.25) is 11.8 Å². The van der Waals surface area contributed by atoms with Gasteiger partial charge in [-0.3, -0.25) is 13.9 Å². The van der Waals surface area contributed by atoms with Gasteiger partial charge in [0, 0.05) is 13.6 Å². The summed E-state index contributed by atoms with van der Waals surface area (Å²) in [5.74, 6) is -1.30. The van der Waals surface area contributed by atoms with E-state index in [9.17, 15) is 31.2 Å². The summed E-state index contributed by atoms with van der Waals surface area (Å²) in [5, 5.41) is 1.83. The fourth-order valence-corrected chi connectivity index (χ4v) is 5.36.